The van der Waals surface area contributed by atoms with Gasteiger partial charge in [0.1, 0.15) is 5.82 Å². The second-order valence-corrected chi connectivity index (χ2v) is 6.63. The highest BCUT2D eigenvalue weighted by Crippen LogP contribution is 2.31. The zero-order chi connectivity index (χ0) is 22.0. The molecule has 0 saturated carbocycles. The maximum absolute atomic E-state index is 10.8. The van der Waals surface area contributed by atoms with Gasteiger partial charge in [0.2, 0.25) is 0 Å². The van der Waals surface area contributed by atoms with E-state index in [2.05, 4.69) is 33.7 Å². The molecule has 2 aromatic heterocycles. The molecule has 1 unspecified atom stereocenters. The molecule has 1 aliphatic rings. The van der Waals surface area contributed by atoms with Crippen LogP contribution in [0, 0.1) is 5.41 Å². The molecule has 154 valence electrons. The van der Waals surface area contributed by atoms with Gasteiger partial charge in [0, 0.05) is 29.5 Å². The number of hydrogen-bond acceptors (Lipinski definition) is 4. The number of carboxylic acid groups (broad SMARTS) is 2. The van der Waals surface area contributed by atoms with Crippen LogP contribution < -0.4 is 0 Å². The summed E-state index contributed by atoms with van der Waals surface area (Å²) in [7, 11) is 0. The number of nitrogens with one attached hydrogen (secondary N) is 1. The largest absolute Gasteiger partial charge is 0.481 e. The normalized spacial score (nSPS) is 16.9. The van der Waals surface area contributed by atoms with Crippen molar-refractivity contribution in [3.63, 3.8) is 0 Å². The molecule has 7 heteroatoms. The number of aromatic amines is 1. The first-order valence-electron chi connectivity index (χ1n) is 9.12. The number of carbonyl (C=O) groups is 2. The minimum atomic E-state index is -1.08. The van der Waals surface area contributed by atoms with Crippen LogP contribution in [0.3, 0.4) is 0 Å². The van der Waals surface area contributed by atoms with E-state index in [9.17, 15) is 9.59 Å². The van der Waals surface area contributed by atoms with Gasteiger partial charge in [0.05, 0.1) is 10.9 Å². The number of aliphatic carboxylic acids is 2. The van der Waals surface area contributed by atoms with Gasteiger partial charge in [-0.25, -0.2) is 9.78 Å². The lowest BCUT2D eigenvalue weighted by Gasteiger charge is -2.23. The number of fused-ring (bicyclic) bond motifs is 1. The number of hydrogen-bond donors (Lipinski definition) is 3. The monoisotopic (exact) mass is 405 g/mol. The van der Waals surface area contributed by atoms with Crippen LogP contribution in [0.15, 0.2) is 85.4 Å². The van der Waals surface area contributed by atoms with Gasteiger partial charge in [0.15, 0.2) is 0 Å². The summed E-state index contributed by atoms with van der Waals surface area (Å²) < 4.78 is 0. The van der Waals surface area contributed by atoms with Crippen molar-refractivity contribution in [2.75, 3.05) is 0 Å². The number of para-hydroxylation sites is 1. The Morgan fingerprint density at radius 1 is 1.13 bits per heavy atom. The van der Waals surface area contributed by atoms with Crippen molar-refractivity contribution in [1.82, 2.24) is 15.0 Å². The van der Waals surface area contributed by atoms with Gasteiger partial charge in [-0.05, 0) is 31.6 Å². The molecule has 0 amide bonds. The number of rotatable bonds is 3. The van der Waals surface area contributed by atoms with Crippen molar-refractivity contribution in [2.45, 2.75) is 13.3 Å². The molecular formula is C23H23N3O4. The Morgan fingerprint density at radius 3 is 2.43 bits per heavy atom. The predicted molar refractivity (Wildman–Crippen MR) is 116 cm³/mol. The fourth-order valence-electron chi connectivity index (χ4n) is 2.59. The lowest BCUT2D eigenvalue weighted by molar-refractivity contribution is -0.145. The number of allylic oxidation sites excluding steroid dienone is 2. The molecule has 1 aliphatic carbocycles. The summed E-state index contributed by atoms with van der Waals surface area (Å²) in [6, 6.07) is 12.1. The minimum Gasteiger partial charge on any atom is -0.481 e. The maximum atomic E-state index is 10.8. The number of pyridine rings is 1. The first kappa shape index (κ1) is 22.3. The van der Waals surface area contributed by atoms with Crippen LogP contribution in [-0.4, -0.2) is 37.1 Å². The first-order chi connectivity index (χ1) is 14.4. The predicted octanol–water partition coefficient (Wildman–Crippen LogP) is 4.34. The summed E-state index contributed by atoms with van der Waals surface area (Å²) in [6.45, 7) is 5.01. The number of imidazole rings is 1. The summed E-state index contributed by atoms with van der Waals surface area (Å²) in [5.74, 6) is -1.24. The standard InChI is InChI=1S/C9H7N.C9H10O4.C5H6N2/c1-2-6-9-8(4-1)5-3-7-10-9;1-9(8(12)13)4-2-3-6(5-9)7(10)11;1-2-5-6-3-4-7-5/h1-7H;2-4H,5H2,1H3,(H,10,11)(H,12,13);2-4H,1H2,(H,6,7). The fraction of sp³-hybridized carbons (Fsp3) is 0.130. The third-order valence-corrected chi connectivity index (χ3v) is 4.31. The molecule has 30 heavy (non-hydrogen) atoms. The Bertz CT molecular complexity index is 1010. The van der Waals surface area contributed by atoms with Gasteiger partial charge in [-0.2, -0.15) is 0 Å². The molecule has 0 bridgehead atoms. The lowest BCUT2D eigenvalue weighted by atomic mass is 9.80. The number of H-pyrrole nitrogens is 1. The van der Waals surface area contributed by atoms with Crippen molar-refractivity contribution in [2.24, 2.45) is 5.41 Å². The molecular weight excluding hydrogens is 382 g/mol. The van der Waals surface area contributed by atoms with E-state index in [0.29, 0.717) is 0 Å². The molecule has 1 aromatic carbocycles. The van der Waals surface area contributed by atoms with E-state index in [1.54, 1.807) is 18.5 Å². The van der Waals surface area contributed by atoms with E-state index < -0.39 is 17.4 Å². The molecule has 2 heterocycles. The lowest BCUT2D eigenvalue weighted by Crippen LogP contribution is -2.28. The van der Waals surface area contributed by atoms with Gasteiger partial charge >= 0.3 is 11.9 Å². The van der Waals surface area contributed by atoms with Crippen LogP contribution in [0.1, 0.15) is 19.2 Å². The van der Waals surface area contributed by atoms with E-state index in [4.69, 9.17) is 10.2 Å². The average molecular weight is 405 g/mol. The first-order valence-corrected chi connectivity index (χ1v) is 9.12. The Balaban J connectivity index is 0.000000167. The van der Waals surface area contributed by atoms with Crippen molar-refractivity contribution in [3.05, 3.63) is 91.2 Å². The summed E-state index contributed by atoms with van der Waals surface area (Å²) in [5, 5.41) is 18.7. The van der Waals surface area contributed by atoms with Gasteiger partial charge in [-0.1, -0.05) is 49.1 Å². The summed E-state index contributed by atoms with van der Waals surface area (Å²) in [5.41, 5.74) is 0.111. The van der Waals surface area contributed by atoms with Crippen LogP contribution in [0.5, 0.6) is 0 Å². The number of nitrogens with zero attached hydrogens (tertiary/aromatic N) is 2. The molecule has 0 radical (unpaired) electrons. The quantitative estimate of drug-likeness (QED) is 0.597. The van der Waals surface area contributed by atoms with Crippen LogP contribution in [0.4, 0.5) is 0 Å². The fourth-order valence-corrected chi connectivity index (χ4v) is 2.59. The second-order valence-electron chi connectivity index (χ2n) is 6.63. The van der Waals surface area contributed by atoms with E-state index in [-0.39, 0.29) is 12.0 Å². The van der Waals surface area contributed by atoms with Crippen LogP contribution in [0.2, 0.25) is 0 Å². The smallest absolute Gasteiger partial charge is 0.331 e. The molecule has 0 saturated heterocycles. The number of carboxylic acids is 2. The summed E-state index contributed by atoms with van der Waals surface area (Å²) in [6.07, 6.45) is 11.4. The molecule has 0 spiro atoms. The molecule has 0 fully saturated rings. The van der Waals surface area contributed by atoms with E-state index in [0.717, 1.165) is 11.3 Å². The van der Waals surface area contributed by atoms with E-state index >= 15 is 0 Å². The zero-order valence-electron chi connectivity index (χ0n) is 16.5. The zero-order valence-corrected chi connectivity index (χ0v) is 16.5. The van der Waals surface area contributed by atoms with Gasteiger partial charge in [-0.15, -0.1) is 0 Å². The van der Waals surface area contributed by atoms with Gasteiger partial charge < -0.3 is 15.2 Å². The van der Waals surface area contributed by atoms with E-state index in [1.807, 2.05) is 30.5 Å². The minimum absolute atomic E-state index is 0.0359. The molecule has 3 N–H and O–H groups in total. The van der Waals surface area contributed by atoms with Crippen molar-refractivity contribution in [1.29, 1.82) is 0 Å². The van der Waals surface area contributed by atoms with Crippen molar-refractivity contribution < 1.29 is 19.8 Å². The Labute approximate surface area is 174 Å². The Morgan fingerprint density at radius 2 is 1.87 bits per heavy atom. The van der Waals surface area contributed by atoms with Crippen molar-refractivity contribution in [3.8, 4) is 0 Å². The van der Waals surface area contributed by atoms with Gasteiger partial charge in [-0.3, -0.25) is 9.78 Å². The van der Waals surface area contributed by atoms with Crippen LogP contribution in [0.25, 0.3) is 17.0 Å². The topological polar surface area (TPSA) is 116 Å². The molecule has 3 aromatic rings. The van der Waals surface area contributed by atoms with Gasteiger partial charge in [0.25, 0.3) is 0 Å². The third-order valence-electron chi connectivity index (χ3n) is 4.31. The highest BCUT2D eigenvalue weighted by atomic mass is 16.4. The number of aromatic nitrogens is 3. The Kier molecular flexibility index (Phi) is 7.82. The molecule has 1 atom stereocenters. The summed E-state index contributed by atoms with van der Waals surface area (Å²) >= 11 is 0. The van der Waals surface area contributed by atoms with Crippen molar-refractivity contribution >= 4 is 28.9 Å². The maximum Gasteiger partial charge on any atom is 0.331 e. The molecule has 0 aliphatic heterocycles. The number of benzene rings is 1. The van der Waals surface area contributed by atoms with Crippen LogP contribution >= 0.6 is 0 Å². The van der Waals surface area contributed by atoms with E-state index in [1.165, 1.54) is 30.5 Å². The Hall–Kier alpha value is -4.00. The SMILES string of the molecule is C=Cc1ncc[nH]1.CC1(C(=O)O)C=CC=C(C(=O)O)C1.c1ccc2ncccc2c1. The van der Waals surface area contributed by atoms with Crippen LogP contribution in [-0.2, 0) is 9.59 Å². The summed E-state index contributed by atoms with van der Waals surface area (Å²) in [4.78, 5) is 32.2. The molecule has 7 nitrogen and oxygen atoms in total. The third kappa shape index (κ3) is 6.27. The average Bonchev–Trinajstić information content (AvgIpc) is 3.29. The molecule has 4 rings (SSSR count). The second kappa shape index (κ2) is 10.5. The highest BCUT2D eigenvalue weighted by Gasteiger charge is 2.34. The highest BCUT2D eigenvalue weighted by molar-refractivity contribution is 5.90.